The van der Waals surface area contributed by atoms with E-state index in [2.05, 4.69) is 5.40 Å². The monoisotopic (exact) mass is 119 g/mol. The molecule has 1 aliphatic rings. The minimum atomic E-state index is -0.455. The molecule has 1 amide bonds. The quantitative estimate of drug-likeness (QED) is 0.429. The van der Waals surface area contributed by atoms with Crippen LogP contribution >= 0.6 is 0 Å². The van der Waals surface area contributed by atoms with Crippen LogP contribution in [0.3, 0.4) is 0 Å². The highest BCUT2D eigenvalue weighted by atomic mass is 16.2. The van der Waals surface area contributed by atoms with E-state index in [4.69, 9.17) is 4.19 Å². The third-order valence-corrected chi connectivity index (χ3v) is 0.834. The van der Waals surface area contributed by atoms with Crippen molar-refractivity contribution in [2.75, 3.05) is 13.6 Å². The lowest BCUT2D eigenvalue weighted by molar-refractivity contribution is -0.118. The fraction of sp³-hybridized carbons (Fsp3) is 0.500. The molecule has 0 aromatic heterocycles. The highest BCUT2D eigenvalue weighted by molar-refractivity contribution is 6.02. The van der Waals surface area contributed by atoms with Gasteiger partial charge in [0.05, 0.1) is 6.54 Å². The van der Waals surface area contributed by atoms with Gasteiger partial charge in [0.1, 0.15) is 0 Å². The largest absolute Gasteiger partial charge is 0.337 e. The van der Waals surface area contributed by atoms with Crippen LogP contribution in [0.5, 0.6) is 0 Å². The number of carbonyl (C=O) groups excluding carboxylic acids is 1. The summed E-state index contributed by atoms with van der Waals surface area (Å²) in [5, 5.41) is 3.49. The van der Waals surface area contributed by atoms with Crippen molar-refractivity contribution in [3.63, 3.8) is 0 Å². The van der Waals surface area contributed by atoms with E-state index in [-0.39, 0.29) is 19.5 Å². The molecule has 44 valence electrons. The molecule has 0 spiro atoms. The van der Waals surface area contributed by atoms with E-state index in [1.807, 2.05) is 0 Å². The third-order valence-electron chi connectivity index (χ3n) is 0.834. The summed E-state index contributed by atoms with van der Waals surface area (Å²) in [7, 11) is -0.154. The topological polar surface area (TPSA) is 56.2 Å². The van der Waals surface area contributed by atoms with Crippen molar-refractivity contribution in [2.45, 2.75) is 0 Å². The van der Waals surface area contributed by atoms with Crippen LogP contribution in [0, 0.1) is 5.40 Å². The third kappa shape index (κ3) is 0.641. The van der Waals surface area contributed by atoms with Crippen LogP contribution < -0.4 is 5.31 Å². The van der Waals surface area contributed by atoms with Crippen molar-refractivity contribution < 1.29 is 8.99 Å². The Morgan fingerprint density at radius 2 is 3.25 bits per heavy atom. The Balaban J connectivity index is 2.81. The molecule has 1 fully saturated rings. The Kier molecular flexibility index (Phi) is 0.455. The molecule has 0 aromatic carbocycles. The van der Waals surface area contributed by atoms with Crippen LogP contribution in [0.15, 0.2) is 0 Å². The molecule has 4 heteroatoms. The number of likely N-dealkylation sites (N-methyl/N-ethyl adjacent to an activating group) is 1. The van der Waals surface area contributed by atoms with Gasteiger partial charge in [-0.3, -0.25) is 15.5 Å². The fourth-order valence-electron chi connectivity index (χ4n) is 0.452. The van der Waals surface area contributed by atoms with E-state index < -0.39 is 5.91 Å². The molecular weight excluding hydrogens is 106 g/mol. The Morgan fingerprint density at radius 1 is 2.38 bits per heavy atom. The highest BCUT2D eigenvalue weighted by Crippen LogP contribution is 1.89. The minimum absolute atomic E-state index is 0.0231. The van der Waals surface area contributed by atoms with Crippen molar-refractivity contribution in [2.24, 2.45) is 0 Å². The minimum Gasteiger partial charge on any atom is -0.337 e. The number of guanidine groups is 1. The first-order valence-corrected chi connectivity index (χ1v) is 2.08. The molecule has 0 atom stereocenters. The van der Waals surface area contributed by atoms with Crippen LogP contribution in [0.25, 0.3) is 0 Å². The number of hydrogen-bond donors (Lipinski definition) is 2. The van der Waals surface area contributed by atoms with E-state index >= 15 is 0 Å². The van der Waals surface area contributed by atoms with E-state index in [1.54, 1.807) is 0 Å². The Labute approximate surface area is 51.3 Å². The summed E-state index contributed by atoms with van der Waals surface area (Å²) in [6.07, 6.45) is 0. The summed E-state index contributed by atoms with van der Waals surface area (Å²) in [6.45, 7) is -0.0231. The van der Waals surface area contributed by atoms with Gasteiger partial charge in [-0.1, -0.05) is 0 Å². The molecule has 2 N–H and O–H groups in total. The lowest BCUT2D eigenvalue weighted by Gasteiger charge is -2.03. The maximum atomic E-state index is 10.8. The van der Waals surface area contributed by atoms with Crippen LogP contribution in [0.4, 0.5) is 0 Å². The van der Waals surface area contributed by atoms with Gasteiger partial charge < -0.3 is 4.90 Å². The van der Waals surface area contributed by atoms with Crippen molar-refractivity contribution in [3.8, 4) is 0 Å². The predicted octanol–water partition coefficient (Wildman–Crippen LogP) is -1.02. The van der Waals surface area contributed by atoms with Crippen molar-refractivity contribution in [1.82, 2.24) is 10.2 Å². The first kappa shape index (κ1) is 2.48. The summed E-state index contributed by atoms with van der Waals surface area (Å²) in [5.41, 5.74) is 0. The first-order chi connectivity index (χ1) is 5.20. The Morgan fingerprint density at radius 3 is 3.75 bits per heavy atom. The molecule has 1 aliphatic heterocycles. The Hall–Kier alpha value is -1.06. The molecule has 0 aliphatic carbocycles. The average Bonchev–Trinajstić information content (AvgIpc) is 2.28. The molecular formula is C4H7N3O. The number of carbonyl (C=O) groups is 1. The van der Waals surface area contributed by atoms with Crippen LogP contribution in [0.2, 0.25) is 2.82 Å². The van der Waals surface area contributed by atoms with Crippen molar-refractivity contribution in [1.29, 1.82) is 5.40 Å². The maximum absolute atomic E-state index is 10.8. The second-order valence-corrected chi connectivity index (χ2v) is 1.50. The molecule has 0 aromatic rings. The summed E-state index contributed by atoms with van der Waals surface area (Å²) < 4.78 is 20.6. The van der Waals surface area contributed by atoms with E-state index in [9.17, 15) is 4.79 Å². The van der Waals surface area contributed by atoms with Gasteiger partial charge in [-0.05, 0) is 0 Å². The summed E-state index contributed by atoms with van der Waals surface area (Å²) in [6, 6.07) is 0. The summed E-state index contributed by atoms with van der Waals surface area (Å²) >= 11 is 0. The van der Waals surface area contributed by atoms with Gasteiger partial charge in [-0.25, -0.2) is 0 Å². The maximum Gasteiger partial charge on any atom is 0.246 e. The van der Waals surface area contributed by atoms with Gasteiger partial charge >= 0.3 is 0 Å². The predicted molar refractivity (Wildman–Crippen MR) is 28.5 cm³/mol. The zero-order valence-corrected chi connectivity index (χ0v) is 4.16. The molecule has 1 saturated heterocycles. The standard InChI is InChI=1S/C4H7N3O/c1-7-2-3(8)6-4(7)5/h2H2,1H3,(H2,5,6,8)/i1T/hT2. The average molecular weight is 119 g/mol. The van der Waals surface area contributed by atoms with E-state index in [1.165, 1.54) is 4.90 Å². The lowest BCUT2D eigenvalue weighted by atomic mass is 10.6. The number of amides is 1. The lowest BCUT2D eigenvalue weighted by Crippen LogP contribution is -2.25. The second kappa shape index (κ2) is 1.47. The van der Waals surface area contributed by atoms with E-state index in [0.29, 0.717) is 5.31 Å². The van der Waals surface area contributed by atoms with Gasteiger partial charge in [0.15, 0.2) is 8.78 Å². The van der Waals surface area contributed by atoms with Crippen molar-refractivity contribution in [3.05, 3.63) is 0 Å². The molecule has 0 saturated carbocycles. The van der Waals surface area contributed by atoms with Crippen LogP contribution in [-0.2, 0) is 4.79 Å². The molecule has 0 bridgehead atoms. The summed E-state index contributed by atoms with van der Waals surface area (Å²) in [4.78, 5) is 12.0. The van der Waals surface area contributed by atoms with Gasteiger partial charge in [0.2, 0.25) is 5.91 Å². The molecule has 1 rings (SSSR count). The Bertz CT molecular complexity index is 207. The zero-order chi connectivity index (χ0) is 8.43. The van der Waals surface area contributed by atoms with Crippen LogP contribution in [-0.4, -0.2) is 30.3 Å². The van der Waals surface area contributed by atoms with Gasteiger partial charge in [0.25, 0.3) is 0 Å². The number of rotatable bonds is 0. The smallest absolute Gasteiger partial charge is 0.246 e. The van der Waals surface area contributed by atoms with Gasteiger partial charge in [-0.15, -0.1) is 0 Å². The highest BCUT2D eigenvalue weighted by Gasteiger charge is 2.18. The fourth-order valence-corrected chi connectivity index (χ4v) is 0.452. The molecule has 1 heterocycles. The molecule has 4 nitrogen and oxygen atoms in total. The first-order valence-electron chi connectivity index (χ1n) is 3.69. The number of nitrogens with zero attached hydrogens (tertiary/aromatic N) is 1. The van der Waals surface area contributed by atoms with Gasteiger partial charge in [-0.2, -0.15) is 0 Å². The van der Waals surface area contributed by atoms with Gasteiger partial charge in [0, 0.05) is 8.39 Å². The van der Waals surface area contributed by atoms with Crippen LogP contribution in [0.1, 0.15) is 1.37 Å². The molecule has 0 unspecified atom stereocenters. The number of hydrogen-bond acceptors (Lipinski definition) is 2. The normalized spacial score (nSPS) is 30.8. The molecule has 0 radical (unpaired) electrons. The zero-order valence-electron chi connectivity index (χ0n) is 7.16. The van der Waals surface area contributed by atoms with E-state index in [0.717, 1.165) is 0 Å². The molecule has 8 heavy (non-hydrogen) atoms. The van der Waals surface area contributed by atoms with Crippen molar-refractivity contribution >= 4 is 11.9 Å². The number of nitrogens with one attached hydrogen (secondary N) is 2. The summed E-state index contributed by atoms with van der Waals surface area (Å²) in [5.74, 6) is -0.534. The second-order valence-electron chi connectivity index (χ2n) is 1.50. The SMILES string of the molecule is [3H]CN1CC(=O)N([3H])C1=N[3H].